The lowest BCUT2D eigenvalue weighted by atomic mass is 9.98. The van der Waals surface area contributed by atoms with E-state index in [4.69, 9.17) is 16.6 Å². The van der Waals surface area contributed by atoms with Crippen LogP contribution in [0.1, 0.15) is 12.8 Å². The predicted molar refractivity (Wildman–Crippen MR) is 127 cm³/mol. The highest BCUT2D eigenvalue weighted by atomic mass is 79.9. The zero-order chi connectivity index (χ0) is 21.1. The van der Waals surface area contributed by atoms with Crippen molar-refractivity contribution < 1.29 is 4.79 Å². The monoisotopic (exact) mass is 507 g/mol. The number of likely N-dealkylation sites (tertiary alicyclic amines) is 1. The smallest absolute Gasteiger partial charge is 0.232 e. The van der Waals surface area contributed by atoms with E-state index in [1.807, 2.05) is 41.5 Å². The van der Waals surface area contributed by atoms with Crippen LogP contribution in [0.25, 0.3) is 16.9 Å². The predicted octanol–water partition coefficient (Wildman–Crippen LogP) is 4.83. The second kappa shape index (κ2) is 9.58. The van der Waals surface area contributed by atoms with Gasteiger partial charge in [0, 0.05) is 36.3 Å². The van der Waals surface area contributed by atoms with Crippen molar-refractivity contribution in [2.75, 3.05) is 37.0 Å². The maximum absolute atomic E-state index is 12.3. The number of benzene rings is 1. The summed E-state index contributed by atoms with van der Waals surface area (Å²) in [5.74, 6) is 2.03. The minimum atomic E-state index is 0.232. The summed E-state index contributed by atoms with van der Waals surface area (Å²) < 4.78 is 2.62. The summed E-state index contributed by atoms with van der Waals surface area (Å²) in [7, 11) is 0. The molecular weight excluding hydrogens is 486 g/mol. The van der Waals surface area contributed by atoms with Crippen LogP contribution in [0.4, 0.5) is 5.82 Å². The molecule has 1 amide bonds. The van der Waals surface area contributed by atoms with Gasteiger partial charge in [-0.3, -0.25) is 4.79 Å². The lowest BCUT2D eigenvalue weighted by molar-refractivity contribution is -0.130. The van der Waals surface area contributed by atoms with Gasteiger partial charge in [-0.05, 0) is 47.0 Å². The Hall–Kier alpha value is -1.77. The van der Waals surface area contributed by atoms with E-state index >= 15 is 0 Å². The van der Waals surface area contributed by atoms with Crippen LogP contribution in [0.3, 0.4) is 0 Å². The third-order valence-electron chi connectivity index (χ3n) is 5.29. The van der Waals surface area contributed by atoms with Gasteiger partial charge in [0.05, 0.1) is 22.1 Å². The van der Waals surface area contributed by atoms with Crippen LogP contribution < -0.4 is 5.32 Å². The molecule has 30 heavy (non-hydrogen) atoms. The largest absolute Gasteiger partial charge is 0.370 e. The fourth-order valence-electron chi connectivity index (χ4n) is 3.79. The van der Waals surface area contributed by atoms with Crippen molar-refractivity contribution >= 4 is 56.7 Å². The molecule has 1 aliphatic heterocycles. The first kappa shape index (κ1) is 21.5. The maximum atomic E-state index is 12.3. The van der Waals surface area contributed by atoms with Crippen molar-refractivity contribution in [3.63, 3.8) is 0 Å². The number of carbonyl (C=O) groups excluding carboxylic acids is 1. The molecule has 1 N–H and O–H groups in total. The maximum Gasteiger partial charge on any atom is 0.232 e. The van der Waals surface area contributed by atoms with Gasteiger partial charge in [0.2, 0.25) is 5.91 Å². The van der Waals surface area contributed by atoms with Crippen LogP contribution in [0.5, 0.6) is 0 Å². The molecule has 1 aromatic carbocycles. The third-order valence-corrected chi connectivity index (χ3v) is 6.71. The number of hydrogen-bond acceptors (Lipinski definition) is 5. The van der Waals surface area contributed by atoms with E-state index in [1.165, 1.54) is 0 Å². The van der Waals surface area contributed by atoms with E-state index in [9.17, 15) is 4.79 Å². The molecule has 6 nitrogen and oxygen atoms in total. The lowest BCUT2D eigenvalue weighted by Crippen LogP contribution is -2.42. The van der Waals surface area contributed by atoms with Crippen molar-refractivity contribution in [1.29, 1.82) is 0 Å². The molecule has 0 aliphatic carbocycles. The van der Waals surface area contributed by atoms with E-state index < -0.39 is 0 Å². The molecule has 1 aliphatic rings. The van der Waals surface area contributed by atoms with Crippen molar-refractivity contribution in [2.24, 2.45) is 5.92 Å². The van der Waals surface area contributed by atoms with Crippen LogP contribution in [-0.2, 0) is 4.79 Å². The first-order chi connectivity index (χ1) is 14.6. The van der Waals surface area contributed by atoms with E-state index in [0.29, 0.717) is 16.7 Å². The second-order valence-electron chi connectivity index (χ2n) is 7.40. The number of nitrogens with one attached hydrogen (secondary N) is 1. The number of amides is 1. The summed E-state index contributed by atoms with van der Waals surface area (Å²) >= 11 is 11.5. The molecule has 1 saturated heterocycles. The number of rotatable bonds is 6. The summed E-state index contributed by atoms with van der Waals surface area (Å²) in [6.45, 7) is 2.42. The molecule has 2 aromatic heterocycles. The normalized spacial score (nSPS) is 16.8. The molecule has 0 saturated carbocycles. The van der Waals surface area contributed by atoms with Gasteiger partial charge < -0.3 is 10.2 Å². The Morgan fingerprint density at radius 3 is 3.03 bits per heavy atom. The van der Waals surface area contributed by atoms with Gasteiger partial charge in [0.25, 0.3) is 0 Å². The topological polar surface area (TPSA) is 62.5 Å². The van der Waals surface area contributed by atoms with Gasteiger partial charge >= 0.3 is 0 Å². The van der Waals surface area contributed by atoms with Gasteiger partial charge in [0.1, 0.15) is 5.82 Å². The van der Waals surface area contributed by atoms with Crippen molar-refractivity contribution in [3.05, 3.63) is 46.0 Å². The van der Waals surface area contributed by atoms with Gasteiger partial charge in [-0.2, -0.15) is 21.4 Å². The Morgan fingerprint density at radius 2 is 2.23 bits per heavy atom. The van der Waals surface area contributed by atoms with Crippen LogP contribution in [0, 0.1) is 5.92 Å². The lowest BCUT2D eigenvalue weighted by Gasteiger charge is -2.33. The molecule has 1 atom stereocenters. The molecule has 0 bridgehead atoms. The standard InChI is InChI=1S/C21H23BrClN5OS/c1-30-13-20(29)27-8-4-5-14(12-27)10-24-19-9-18(15-6-2-3-7-17(15)23)26-21-16(22)11-25-28(19)21/h2-3,6-7,9,11,14,24H,4-5,8,10,12-13H2,1H3. The molecule has 3 aromatic rings. The zero-order valence-corrected chi connectivity index (χ0v) is 19.8. The van der Waals surface area contributed by atoms with Gasteiger partial charge in [0.15, 0.2) is 5.65 Å². The molecule has 0 radical (unpaired) electrons. The Balaban J connectivity index is 1.57. The molecule has 1 unspecified atom stereocenters. The molecular formula is C21H23BrClN5OS. The molecule has 1 fully saturated rings. The molecule has 4 rings (SSSR count). The number of anilines is 1. The zero-order valence-electron chi connectivity index (χ0n) is 16.6. The molecule has 9 heteroatoms. The van der Waals surface area contributed by atoms with Crippen LogP contribution in [0.15, 0.2) is 41.0 Å². The van der Waals surface area contributed by atoms with E-state index in [1.54, 1.807) is 22.5 Å². The highest BCUT2D eigenvalue weighted by molar-refractivity contribution is 9.10. The van der Waals surface area contributed by atoms with E-state index in [0.717, 1.165) is 59.7 Å². The number of halogens is 2. The summed E-state index contributed by atoms with van der Waals surface area (Å²) in [6.07, 6.45) is 5.85. The fraction of sp³-hybridized carbons (Fsp3) is 0.381. The SMILES string of the molecule is CSCC(=O)N1CCCC(CNc2cc(-c3ccccc3Cl)nc3c(Br)cnn23)C1. The number of fused-ring (bicyclic) bond motifs is 1. The first-order valence-corrected chi connectivity index (χ1v) is 12.4. The quantitative estimate of drug-likeness (QED) is 0.517. The van der Waals surface area contributed by atoms with E-state index in [-0.39, 0.29) is 5.91 Å². The van der Waals surface area contributed by atoms with Crippen molar-refractivity contribution in [3.8, 4) is 11.3 Å². The van der Waals surface area contributed by atoms with Crippen LogP contribution in [-0.4, -0.2) is 57.0 Å². The summed E-state index contributed by atoms with van der Waals surface area (Å²) in [6, 6.07) is 9.67. The number of thioether (sulfide) groups is 1. The second-order valence-corrected chi connectivity index (χ2v) is 9.52. The number of aromatic nitrogens is 3. The highest BCUT2D eigenvalue weighted by Gasteiger charge is 2.23. The third kappa shape index (κ3) is 4.60. The van der Waals surface area contributed by atoms with Gasteiger partial charge in [-0.1, -0.05) is 29.8 Å². The number of hydrogen-bond donors (Lipinski definition) is 1. The molecule has 0 spiro atoms. The van der Waals surface area contributed by atoms with Crippen molar-refractivity contribution in [1.82, 2.24) is 19.5 Å². The number of carbonyl (C=O) groups is 1. The Kier molecular flexibility index (Phi) is 6.85. The Bertz CT molecular complexity index is 1060. The van der Waals surface area contributed by atoms with Crippen LogP contribution >= 0.6 is 39.3 Å². The Labute approximate surface area is 193 Å². The molecule has 3 heterocycles. The molecule has 158 valence electrons. The summed E-state index contributed by atoms with van der Waals surface area (Å²) in [5.41, 5.74) is 2.40. The number of piperidine rings is 1. The van der Waals surface area contributed by atoms with Gasteiger partial charge in [-0.25, -0.2) is 4.98 Å². The number of nitrogens with zero attached hydrogens (tertiary/aromatic N) is 4. The van der Waals surface area contributed by atoms with Gasteiger partial charge in [-0.15, -0.1) is 0 Å². The minimum Gasteiger partial charge on any atom is -0.370 e. The summed E-state index contributed by atoms with van der Waals surface area (Å²) in [5, 5.41) is 8.65. The average molecular weight is 509 g/mol. The first-order valence-electron chi connectivity index (χ1n) is 9.86. The summed E-state index contributed by atoms with van der Waals surface area (Å²) in [4.78, 5) is 19.0. The Morgan fingerprint density at radius 1 is 1.40 bits per heavy atom. The highest BCUT2D eigenvalue weighted by Crippen LogP contribution is 2.30. The van der Waals surface area contributed by atoms with E-state index in [2.05, 4.69) is 26.3 Å². The fourth-order valence-corrected chi connectivity index (χ4v) is 4.80. The average Bonchev–Trinajstić information content (AvgIpc) is 3.13. The van der Waals surface area contributed by atoms with Crippen molar-refractivity contribution in [2.45, 2.75) is 12.8 Å². The van der Waals surface area contributed by atoms with Crippen LogP contribution in [0.2, 0.25) is 5.02 Å². The minimum absolute atomic E-state index is 0.232.